The van der Waals surface area contributed by atoms with Gasteiger partial charge in [0.1, 0.15) is 17.6 Å². The maximum atomic E-state index is 12.3. The summed E-state index contributed by atoms with van der Waals surface area (Å²) in [5.41, 5.74) is 1.24. The molecule has 2 aromatic rings. The van der Waals surface area contributed by atoms with Crippen LogP contribution in [0.3, 0.4) is 0 Å². The van der Waals surface area contributed by atoms with Crippen molar-refractivity contribution in [2.24, 2.45) is 0 Å². The van der Waals surface area contributed by atoms with Gasteiger partial charge in [-0.2, -0.15) is 0 Å². The van der Waals surface area contributed by atoms with Crippen LogP contribution in [0.4, 0.5) is 10.5 Å². The highest BCUT2D eigenvalue weighted by Crippen LogP contribution is 2.32. The van der Waals surface area contributed by atoms with Gasteiger partial charge in [-0.1, -0.05) is 0 Å². The molecule has 0 saturated heterocycles. The van der Waals surface area contributed by atoms with Crippen LogP contribution in [0, 0.1) is 10.1 Å². The SMILES string of the molecule is CCOC(=O)C1=C(C)NC(=O)N[C@H]1c1ccc(-c2ccc([N+](=O)[O-])cc2)o1. The van der Waals surface area contributed by atoms with E-state index in [0.717, 1.165) is 0 Å². The third kappa shape index (κ3) is 3.66. The number of amides is 2. The molecule has 1 atom stereocenters. The minimum absolute atomic E-state index is 0.0284. The van der Waals surface area contributed by atoms with E-state index < -0.39 is 23.0 Å². The smallest absolute Gasteiger partial charge is 0.338 e. The van der Waals surface area contributed by atoms with E-state index in [1.54, 1.807) is 38.1 Å². The number of carbonyl (C=O) groups excluding carboxylic acids is 2. The summed E-state index contributed by atoms with van der Waals surface area (Å²) >= 11 is 0. The summed E-state index contributed by atoms with van der Waals surface area (Å²) in [6.45, 7) is 3.50. The predicted octanol–water partition coefficient (Wildman–Crippen LogP) is 3.05. The third-order valence-electron chi connectivity index (χ3n) is 4.04. The number of nitrogens with zero attached hydrogens (tertiary/aromatic N) is 1. The Labute approximate surface area is 154 Å². The predicted molar refractivity (Wildman–Crippen MR) is 94.5 cm³/mol. The van der Waals surface area contributed by atoms with E-state index >= 15 is 0 Å². The van der Waals surface area contributed by atoms with E-state index in [1.807, 2.05) is 0 Å². The first-order valence-corrected chi connectivity index (χ1v) is 8.20. The molecule has 0 radical (unpaired) electrons. The number of benzene rings is 1. The van der Waals surface area contributed by atoms with Crippen molar-refractivity contribution in [3.63, 3.8) is 0 Å². The monoisotopic (exact) mass is 371 g/mol. The number of allylic oxidation sites excluding steroid dienone is 1. The fourth-order valence-electron chi connectivity index (χ4n) is 2.80. The largest absolute Gasteiger partial charge is 0.463 e. The van der Waals surface area contributed by atoms with Gasteiger partial charge in [-0.05, 0) is 38.1 Å². The number of ether oxygens (including phenoxy) is 1. The number of esters is 1. The van der Waals surface area contributed by atoms with Crippen molar-refractivity contribution in [2.45, 2.75) is 19.9 Å². The number of furan rings is 1. The molecule has 0 unspecified atom stereocenters. The van der Waals surface area contributed by atoms with Gasteiger partial charge in [-0.3, -0.25) is 10.1 Å². The van der Waals surface area contributed by atoms with E-state index in [1.165, 1.54) is 12.1 Å². The number of hydrogen-bond donors (Lipinski definition) is 2. The molecule has 3 rings (SSSR count). The molecule has 140 valence electrons. The zero-order chi connectivity index (χ0) is 19.6. The van der Waals surface area contributed by atoms with E-state index in [4.69, 9.17) is 9.15 Å². The lowest BCUT2D eigenvalue weighted by Gasteiger charge is -2.26. The van der Waals surface area contributed by atoms with Gasteiger partial charge in [-0.15, -0.1) is 0 Å². The molecule has 27 heavy (non-hydrogen) atoms. The Morgan fingerprint density at radius 2 is 1.96 bits per heavy atom. The molecule has 9 nitrogen and oxygen atoms in total. The number of nitrogens with one attached hydrogen (secondary N) is 2. The van der Waals surface area contributed by atoms with Crippen LogP contribution in [0.1, 0.15) is 25.6 Å². The lowest BCUT2D eigenvalue weighted by Crippen LogP contribution is -2.45. The Kier molecular flexibility index (Phi) is 4.93. The molecule has 1 aliphatic heterocycles. The van der Waals surface area contributed by atoms with Crippen molar-refractivity contribution in [2.75, 3.05) is 6.61 Å². The lowest BCUT2D eigenvalue weighted by molar-refractivity contribution is -0.384. The number of nitro benzene ring substituents is 1. The van der Waals surface area contributed by atoms with Crippen LogP contribution in [-0.4, -0.2) is 23.5 Å². The molecule has 0 fully saturated rings. The van der Waals surface area contributed by atoms with Crippen molar-refractivity contribution in [3.05, 3.63) is 63.5 Å². The van der Waals surface area contributed by atoms with E-state index in [-0.39, 0.29) is 17.9 Å². The van der Waals surface area contributed by atoms with Gasteiger partial charge < -0.3 is 19.8 Å². The average Bonchev–Trinajstić information content (AvgIpc) is 3.11. The van der Waals surface area contributed by atoms with E-state index in [0.29, 0.717) is 22.8 Å². The normalized spacial score (nSPS) is 16.5. The molecular formula is C18H17N3O6. The van der Waals surface area contributed by atoms with Gasteiger partial charge in [0.2, 0.25) is 0 Å². The highest BCUT2D eigenvalue weighted by molar-refractivity contribution is 5.94. The number of non-ortho nitro benzene ring substituents is 1. The second-order valence-electron chi connectivity index (χ2n) is 5.80. The Morgan fingerprint density at radius 3 is 2.59 bits per heavy atom. The van der Waals surface area contributed by atoms with Gasteiger partial charge >= 0.3 is 12.0 Å². The quantitative estimate of drug-likeness (QED) is 0.473. The van der Waals surface area contributed by atoms with Crippen molar-refractivity contribution >= 4 is 17.7 Å². The fourth-order valence-corrected chi connectivity index (χ4v) is 2.80. The molecule has 0 spiro atoms. The number of urea groups is 1. The van der Waals surface area contributed by atoms with Crippen LogP contribution in [0.5, 0.6) is 0 Å². The Morgan fingerprint density at radius 1 is 1.26 bits per heavy atom. The summed E-state index contributed by atoms with van der Waals surface area (Å²) in [5.74, 6) is 0.245. The van der Waals surface area contributed by atoms with Crippen LogP contribution >= 0.6 is 0 Å². The topological polar surface area (TPSA) is 124 Å². The number of nitro groups is 1. The Hall–Kier alpha value is -3.62. The molecule has 1 aromatic heterocycles. The van der Waals surface area contributed by atoms with Crippen molar-refractivity contribution < 1.29 is 23.7 Å². The summed E-state index contributed by atoms with van der Waals surface area (Å²) < 4.78 is 10.9. The van der Waals surface area contributed by atoms with Crippen LogP contribution in [0.15, 0.2) is 52.1 Å². The molecular weight excluding hydrogens is 354 g/mol. The summed E-state index contributed by atoms with van der Waals surface area (Å²) in [7, 11) is 0. The summed E-state index contributed by atoms with van der Waals surface area (Å²) in [4.78, 5) is 34.4. The van der Waals surface area contributed by atoms with Crippen LogP contribution in [-0.2, 0) is 9.53 Å². The molecule has 0 saturated carbocycles. The van der Waals surface area contributed by atoms with Crippen molar-refractivity contribution in [3.8, 4) is 11.3 Å². The molecule has 2 heterocycles. The van der Waals surface area contributed by atoms with Crippen molar-refractivity contribution in [1.29, 1.82) is 0 Å². The zero-order valence-corrected chi connectivity index (χ0v) is 14.6. The van der Waals surface area contributed by atoms with Gasteiger partial charge in [0.25, 0.3) is 5.69 Å². The number of carbonyl (C=O) groups is 2. The van der Waals surface area contributed by atoms with Crippen LogP contribution in [0.2, 0.25) is 0 Å². The molecule has 2 N–H and O–H groups in total. The Balaban J connectivity index is 1.93. The number of rotatable bonds is 5. The minimum Gasteiger partial charge on any atom is -0.463 e. The minimum atomic E-state index is -0.801. The van der Waals surface area contributed by atoms with E-state index in [2.05, 4.69) is 10.6 Å². The first-order valence-electron chi connectivity index (χ1n) is 8.20. The van der Waals surface area contributed by atoms with Gasteiger partial charge in [0.15, 0.2) is 0 Å². The zero-order valence-electron chi connectivity index (χ0n) is 14.6. The summed E-state index contributed by atoms with van der Waals surface area (Å²) in [6.07, 6.45) is 0. The standard InChI is InChI=1S/C18H17N3O6/c1-3-26-17(22)15-10(2)19-18(23)20-16(15)14-9-8-13(27-14)11-4-6-12(7-5-11)21(24)25/h4-9,16H,3H2,1-2H3,(H2,19,20,23)/t16-/m0/s1. The lowest BCUT2D eigenvalue weighted by atomic mass is 10.0. The second-order valence-corrected chi connectivity index (χ2v) is 5.80. The average molecular weight is 371 g/mol. The molecule has 1 aliphatic rings. The molecule has 0 aliphatic carbocycles. The maximum absolute atomic E-state index is 12.3. The highest BCUT2D eigenvalue weighted by Gasteiger charge is 2.34. The summed E-state index contributed by atoms with van der Waals surface area (Å²) in [5, 5.41) is 16.0. The van der Waals surface area contributed by atoms with Crippen LogP contribution in [0.25, 0.3) is 11.3 Å². The number of hydrogen-bond acceptors (Lipinski definition) is 6. The first-order chi connectivity index (χ1) is 12.9. The molecule has 9 heteroatoms. The fraction of sp³-hybridized carbons (Fsp3) is 0.222. The van der Waals surface area contributed by atoms with Gasteiger partial charge in [0.05, 0.1) is 17.1 Å². The van der Waals surface area contributed by atoms with Crippen LogP contribution < -0.4 is 10.6 Å². The van der Waals surface area contributed by atoms with Gasteiger partial charge in [0, 0.05) is 23.4 Å². The third-order valence-corrected chi connectivity index (χ3v) is 4.04. The maximum Gasteiger partial charge on any atom is 0.338 e. The van der Waals surface area contributed by atoms with E-state index in [9.17, 15) is 19.7 Å². The Bertz CT molecular complexity index is 929. The van der Waals surface area contributed by atoms with Gasteiger partial charge in [-0.25, -0.2) is 9.59 Å². The molecule has 0 bridgehead atoms. The second kappa shape index (κ2) is 7.32. The molecule has 1 aromatic carbocycles. The first kappa shape index (κ1) is 18.2. The highest BCUT2D eigenvalue weighted by atomic mass is 16.6. The summed E-state index contributed by atoms with van der Waals surface area (Å²) in [6, 6.07) is 7.92. The molecule has 2 amide bonds. The van der Waals surface area contributed by atoms with Crippen molar-refractivity contribution in [1.82, 2.24) is 10.6 Å².